The van der Waals surface area contributed by atoms with Crippen molar-refractivity contribution in [2.24, 2.45) is 0 Å². The molecule has 5 rings (SSSR count). The van der Waals surface area contributed by atoms with Gasteiger partial charge in [-0.15, -0.1) is 16.4 Å². The average molecular weight is 591 g/mol. The summed E-state index contributed by atoms with van der Waals surface area (Å²) < 4.78 is 23.9. The fourth-order valence-corrected chi connectivity index (χ4v) is 5.33. The molecule has 0 aliphatic carbocycles. The van der Waals surface area contributed by atoms with Crippen molar-refractivity contribution in [3.05, 3.63) is 81.7 Å². The van der Waals surface area contributed by atoms with Crippen LogP contribution in [-0.4, -0.2) is 59.2 Å². The Balaban J connectivity index is 1.29. The predicted octanol–water partition coefficient (Wildman–Crippen LogP) is 4.48. The van der Waals surface area contributed by atoms with Crippen LogP contribution < -0.4 is 24.3 Å². The van der Waals surface area contributed by atoms with Gasteiger partial charge in [0.2, 0.25) is 5.75 Å². The second kappa shape index (κ2) is 12.1. The van der Waals surface area contributed by atoms with E-state index in [1.807, 2.05) is 12.1 Å². The number of nitro benzene ring substituents is 1. The number of carbonyl (C=O) groups excluding carboxylic acids is 1. The Kier molecular flexibility index (Phi) is 8.15. The Morgan fingerprint density at radius 3 is 2.43 bits per heavy atom. The first-order valence-electron chi connectivity index (χ1n) is 12.5. The van der Waals surface area contributed by atoms with Crippen molar-refractivity contribution in [3.8, 4) is 33.6 Å². The molecule has 216 valence electrons. The minimum Gasteiger partial charge on any atom is -0.497 e. The maximum absolute atomic E-state index is 13.0. The summed E-state index contributed by atoms with van der Waals surface area (Å²) >= 11 is 1.38. The first kappa shape index (κ1) is 28.3. The van der Waals surface area contributed by atoms with Crippen molar-refractivity contribution >= 4 is 33.1 Å². The van der Waals surface area contributed by atoms with Gasteiger partial charge in [0.05, 0.1) is 62.9 Å². The van der Waals surface area contributed by atoms with Gasteiger partial charge in [-0.1, -0.05) is 11.3 Å². The number of amides is 1. The van der Waals surface area contributed by atoms with Gasteiger partial charge < -0.3 is 24.3 Å². The van der Waals surface area contributed by atoms with Crippen molar-refractivity contribution in [2.45, 2.75) is 13.1 Å². The lowest BCUT2D eigenvalue weighted by Crippen LogP contribution is -2.24. The molecule has 0 aliphatic rings. The van der Waals surface area contributed by atoms with Gasteiger partial charge in [0.1, 0.15) is 22.0 Å². The van der Waals surface area contributed by atoms with E-state index in [0.29, 0.717) is 45.8 Å². The topological polar surface area (TPSA) is 153 Å². The van der Waals surface area contributed by atoms with Gasteiger partial charge in [0, 0.05) is 11.6 Å². The molecule has 2 aromatic heterocycles. The Morgan fingerprint density at radius 2 is 1.76 bits per heavy atom. The van der Waals surface area contributed by atoms with Crippen LogP contribution in [0.15, 0.2) is 54.7 Å². The normalized spacial score (nSPS) is 10.9. The number of nitro groups is 1. The van der Waals surface area contributed by atoms with Crippen LogP contribution in [0.1, 0.15) is 21.6 Å². The Bertz CT molecular complexity index is 1760. The number of benzene rings is 3. The number of fused-ring (bicyclic) bond motifs is 1. The number of ether oxygens (including phenoxy) is 4. The van der Waals surface area contributed by atoms with Gasteiger partial charge >= 0.3 is 0 Å². The van der Waals surface area contributed by atoms with Gasteiger partial charge in [-0.3, -0.25) is 14.9 Å². The molecule has 14 heteroatoms. The minimum atomic E-state index is -0.610. The largest absolute Gasteiger partial charge is 0.497 e. The standard InChI is InChI=1S/C28H26N6O7S/c1-38-19-6-8-21-25(12-19)42-28(30-21)17-5-7-20(22(11-17)34(36)37)27(35)29-13-18-15-33(32-31-18)14-16-9-23(39-2)26(41-4)24(10-16)40-3/h5-12,15H,13-14H2,1-4H3,(H,29,35). The summed E-state index contributed by atoms with van der Waals surface area (Å²) in [5.74, 6) is 1.58. The van der Waals surface area contributed by atoms with Crippen LogP contribution in [0.3, 0.4) is 0 Å². The highest BCUT2D eigenvalue weighted by atomic mass is 32.1. The van der Waals surface area contributed by atoms with Crippen LogP contribution in [0.5, 0.6) is 23.0 Å². The summed E-state index contributed by atoms with van der Waals surface area (Å²) in [5.41, 5.74) is 2.18. The molecular formula is C28H26N6O7S. The third kappa shape index (κ3) is 5.78. The maximum atomic E-state index is 13.0. The van der Waals surface area contributed by atoms with E-state index in [-0.39, 0.29) is 17.8 Å². The van der Waals surface area contributed by atoms with Crippen LogP contribution in [0, 0.1) is 10.1 Å². The number of thiazole rings is 1. The summed E-state index contributed by atoms with van der Waals surface area (Å²) in [5, 5.41) is 23.4. The van der Waals surface area contributed by atoms with Crippen molar-refractivity contribution in [2.75, 3.05) is 28.4 Å². The van der Waals surface area contributed by atoms with Crippen LogP contribution in [0.25, 0.3) is 20.8 Å². The fraction of sp³-hybridized carbons (Fsp3) is 0.214. The van der Waals surface area contributed by atoms with Crippen molar-refractivity contribution in [1.82, 2.24) is 25.3 Å². The van der Waals surface area contributed by atoms with E-state index in [1.54, 1.807) is 42.3 Å². The van der Waals surface area contributed by atoms with Crippen LogP contribution in [0.4, 0.5) is 5.69 Å². The molecule has 2 heterocycles. The third-order valence-electron chi connectivity index (χ3n) is 6.37. The van der Waals surface area contributed by atoms with Crippen LogP contribution in [-0.2, 0) is 13.1 Å². The number of rotatable bonds is 11. The molecule has 0 unspecified atom stereocenters. The molecule has 5 aromatic rings. The average Bonchev–Trinajstić information content (AvgIpc) is 3.65. The molecule has 13 nitrogen and oxygen atoms in total. The second-order valence-corrected chi connectivity index (χ2v) is 10.00. The van der Waals surface area contributed by atoms with Crippen molar-refractivity contribution < 1.29 is 28.7 Å². The van der Waals surface area contributed by atoms with Gasteiger partial charge in [-0.25, -0.2) is 9.67 Å². The maximum Gasteiger partial charge on any atom is 0.282 e. The zero-order valence-electron chi connectivity index (χ0n) is 23.1. The quantitative estimate of drug-likeness (QED) is 0.172. The predicted molar refractivity (Wildman–Crippen MR) is 155 cm³/mol. The van der Waals surface area contributed by atoms with Gasteiger partial charge in [0.25, 0.3) is 11.6 Å². The lowest BCUT2D eigenvalue weighted by atomic mass is 10.1. The molecule has 0 atom stereocenters. The molecule has 3 aromatic carbocycles. The monoisotopic (exact) mass is 590 g/mol. The Morgan fingerprint density at radius 1 is 1.00 bits per heavy atom. The van der Waals surface area contributed by atoms with Crippen LogP contribution in [0.2, 0.25) is 0 Å². The smallest absolute Gasteiger partial charge is 0.282 e. The van der Waals surface area contributed by atoms with E-state index in [9.17, 15) is 14.9 Å². The van der Waals surface area contributed by atoms with E-state index in [2.05, 4.69) is 20.6 Å². The number of carbonyl (C=O) groups is 1. The Labute approximate surface area is 243 Å². The van der Waals surface area contributed by atoms with Gasteiger partial charge in [-0.2, -0.15) is 0 Å². The molecule has 42 heavy (non-hydrogen) atoms. The first-order chi connectivity index (χ1) is 20.3. The molecule has 0 bridgehead atoms. The molecule has 0 aliphatic heterocycles. The SMILES string of the molecule is COc1ccc2nc(-c3ccc(C(=O)NCc4cn(Cc5cc(OC)c(OC)c(OC)c5)nn4)c([N+](=O)[O-])c3)sc2c1. The van der Waals surface area contributed by atoms with Crippen molar-refractivity contribution in [1.29, 1.82) is 0 Å². The molecule has 0 radical (unpaired) electrons. The first-order valence-corrected chi connectivity index (χ1v) is 13.3. The van der Waals surface area contributed by atoms with Crippen LogP contribution >= 0.6 is 11.3 Å². The fourth-order valence-electron chi connectivity index (χ4n) is 4.34. The molecular weight excluding hydrogens is 564 g/mol. The Hall–Kier alpha value is -5.24. The van der Waals surface area contributed by atoms with E-state index in [4.69, 9.17) is 18.9 Å². The molecule has 0 saturated carbocycles. The molecule has 0 saturated heterocycles. The molecule has 1 amide bonds. The number of nitrogens with zero attached hydrogens (tertiary/aromatic N) is 5. The zero-order valence-corrected chi connectivity index (χ0v) is 23.9. The minimum absolute atomic E-state index is 0.0205. The number of nitrogens with one attached hydrogen (secondary N) is 1. The highest BCUT2D eigenvalue weighted by Crippen LogP contribution is 2.38. The summed E-state index contributed by atoms with van der Waals surface area (Å²) in [7, 11) is 6.18. The lowest BCUT2D eigenvalue weighted by molar-refractivity contribution is -0.385. The van der Waals surface area contributed by atoms with Crippen molar-refractivity contribution in [3.63, 3.8) is 0 Å². The van der Waals surface area contributed by atoms with Gasteiger partial charge in [-0.05, 0) is 42.0 Å². The molecule has 1 N–H and O–H groups in total. The van der Waals surface area contributed by atoms with E-state index >= 15 is 0 Å². The van der Waals surface area contributed by atoms with E-state index in [0.717, 1.165) is 15.8 Å². The van der Waals surface area contributed by atoms with Gasteiger partial charge in [0.15, 0.2) is 11.5 Å². The highest BCUT2D eigenvalue weighted by Gasteiger charge is 2.22. The summed E-state index contributed by atoms with van der Waals surface area (Å²) in [6.07, 6.45) is 1.67. The number of hydrogen-bond donors (Lipinski definition) is 1. The number of aromatic nitrogens is 4. The number of hydrogen-bond acceptors (Lipinski definition) is 11. The highest BCUT2D eigenvalue weighted by molar-refractivity contribution is 7.21. The molecule has 0 spiro atoms. The summed E-state index contributed by atoms with van der Waals surface area (Å²) in [6.45, 7) is 0.371. The molecule has 0 fully saturated rings. The summed E-state index contributed by atoms with van der Waals surface area (Å²) in [4.78, 5) is 28.8. The zero-order chi connectivity index (χ0) is 29.8. The van der Waals surface area contributed by atoms with E-state index < -0.39 is 10.8 Å². The van der Waals surface area contributed by atoms with E-state index in [1.165, 1.54) is 44.8 Å². The third-order valence-corrected chi connectivity index (χ3v) is 7.43. The second-order valence-electron chi connectivity index (χ2n) is 8.97. The summed E-state index contributed by atoms with van der Waals surface area (Å²) in [6, 6.07) is 13.5. The lowest BCUT2D eigenvalue weighted by Gasteiger charge is -2.14. The number of methoxy groups -OCH3 is 4.